The summed E-state index contributed by atoms with van der Waals surface area (Å²) in [6.07, 6.45) is 6.96. The smallest absolute Gasteiger partial charge is 0.271 e. The molecule has 2 aliphatic rings. The Morgan fingerprint density at radius 1 is 1.23 bits per heavy atom. The van der Waals surface area contributed by atoms with Gasteiger partial charge in [-0.3, -0.25) is 14.6 Å². The molecule has 9 heteroatoms. The van der Waals surface area contributed by atoms with Gasteiger partial charge in [0.15, 0.2) is 11.5 Å². The van der Waals surface area contributed by atoms with E-state index in [0.29, 0.717) is 11.5 Å². The summed E-state index contributed by atoms with van der Waals surface area (Å²) in [4.78, 5) is 38.8. The molecule has 3 aromatic heterocycles. The average molecular weight is 417 g/mol. The lowest BCUT2D eigenvalue weighted by molar-refractivity contribution is 0.0957. The molecule has 3 aromatic rings. The van der Waals surface area contributed by atoms with Gasteiger partial charge in [0.05, 0.1) is 5.69 Å². The number of carbonyl (C=O) groups excluding carboxylic acids is 1. The van der Waals surface area contributed by atoms with Gasteiger partial charge in [0, 0.05) is 49.1 Å². The van der Waals surface area contributed by atoms with Crippen LogP contribution in [-0.2, 0) is 11.8 Å². The van der Waals surface area contributed by atoms with Crippen LogP contribution in [0.25, 0.3) is 11.4 Å². The van der Waals surface area contributed by atoms with E-state index in [4.69, 9.17) is 4.98 Å². The second-order valence-corrected chi connectivity index (χ2v) is 8.14. The summed E-state index contributed by atoms with van der Waals surface area (Å²) in [5.41, 5.74) is 2.52. The Bertz CT molecular complexity index is 1180. The molecular formula is C22H23N7O2. The van der Waals surface area contributed by atoms with E-state index >= 15 is 0 Å². The molecule has 1 atom stereocenters. The van der Waals surface area contributed by atoms with E-state index in [1.165, 1.54) is 0 Å². The zero-order valence-electron chi connectivity index (χ0n) is 17.3. The van der Waals surface area contributed by atoms with Crippen LogP contribution < -0.4 is 15.8 Å². The Morgan fingerprint density at radius 2 is 2.13 bits per heavy atom. The number of amides is 1. The second-order valence-electron chi connectivity index (χ2n) is 8.14. The van der Waals surface area contributed by atoms with Gasteiger partial charge in [-0.05, 0) is 49.9 Å². The number of piperidine rings is 1. The minimum atomic E-state index is -0.259. The van der Waals surface area contributed by atoms with Crippen LogP contribution in [-0.4, -0.2) is 51.2 Å². The number of hydrogen-bond donors (Lipinski definition) is 2. The highest BCUT2D eigenvalue weighted by Crippen LogP contribution is 2.44. The van der Waals surface area contributed by atoms with Gasteiger partial charge >= 0.3 is 0 Å². The Labute approximate surface area is 179 Å². The molecule has 1 aliphatic carbocycles. The molecule has 0 bridgehead atoms. The summed E-state index contributed by atoms with van der Waals surface area (Å²) in [6, 6.07) is 7.26. The fourth-order valence-electron chi connectivity index (χ4n) is 4.76. The quantitative estimate of drug-likeness (QED) is 0.663. The number of anilines is 1. The number of aromatic nitrogens is 5. The predicted octanol–water partition coefficient (Wildman–Crippen LogP) is 1.47. The fourth-order valence-corrected chi connectivity index (χ4v) is 4.76. The number of carbonyl (C=O) groups is 1. The lowest BCUT2D eigenvalue weighted by Gasteiger charge is -2.41. The van der Waals surface area contributed by atoms with E-state index in [-0.39, 0.29) is 16.9 Å². The van der Waals surface area contributed by atoms with E-state index in [9.17, 15) is 9.59 Å². The van der Waals surface area contributed by atoms with Crippen LogP contribution in [0.15, 0.2) is 41.5 Å². The number of pyridine rings is 1. The van der Waals surface area contributed by atoms with Crippen LogP contribution in [0.1, 0.15) is 41.0 Å². The number of nitrogens with zero attached hydrogens (tertiary/aromatic N) is 5. The molecular weight excluding hydrogens is 394 g/mol. The van der Waals surface area contributed by atoms with Gasteiger partial charge in [0.25, 0.3) is 11.5 Å². The second kappa shape index (κ2) is 7.57. The summed E-state index contributed by atoms with van der Waals surface area (Å²) in [7, 11) is 1.57. The lowest BCUT2D eigenvalue weighted by Crippen LogP contribution is -2.46. The molecule has 1 fully saturated rings. The van der Waals surface area contributed by atoms with E-state index in [1.807, 2.05) is 18.2 Å². The van der Waals surface area contributed by atoms with Crippen molar-refractivity contribution in [3.8, 4) is 11.4 Å². The van der Waals surface area contributed by atoms with Gasteiger partial charge in [0.1, 0.15) is 5.82 Å². The van der Waals surface area contributed by atoms with Crippen molar-refractivity contribution in [2.24, 2.45) is 0 Å². The van der Waals surface area contributed by atoms with E-state index < -0.39 is 0 Å². The molecule has 1 saturated heterocycles. The molecule has 0 radical (unpaired) electrons. The summed E-state index contributed by atoms with van der Waals surface area (Å²) < 4.78 is 0. The van der Waals surface area contributed by atoms with E-state index in [2.05, 4.69) is 30.4 Å². The van der Waals surface area contributed by atoms with Crippen LogP contribution in [0.4, 0.5) is 5.82 Å². The minimum absolute atomic E-state index is 0.0624. The van der Waals surface area contributed by atoms with E-state index in [0.717, 1.165) is 61.4 Å². The van der Waals surface area contributed by atoms with Crippen LogP contribution in [0.5, 0.6) is 0 Å². The van der Waals surface area contributed by atoms with Crippen molar-refractivity contribution >= 4 is 11.7 Å². The molecule has 1 spiro atoms. The molecule has 9 nitrogen and oxygen atoms in total. The van der Waals surface area contributed by atoms with Crippen molar-refractivity contribution in [2.45, 2.75) is 31.1 Å². The first kappa shape index (κ1) is 19.3. The summed E-state index contributed by atoms with van der Waals surface area (Å²) in [5, 5.41) is 10.9. The third-order valence-electron chi connectivity index (χ3n) is 6.32. The molecule has 1 aliphatic heterocycles. The van der Waals surface area contributed by atoms with Crippen molar-refractivity contribution in [3.63, 3.8) is 0 Å². The van der Waals surface area contributed by atoms with Crippen molar-refractivity contribution in [1.82, 2.24) is 30.5 Å². The Hall–Kier alpha value is -3.62. The number of hydrogen-bond acceptors (Lipinski definition) is 7. The largest absolute Gasteiger partial charge is 0.354 e. The van der Waals surface area contributed by atoms with Gasteiger partial charge in [-0.25, -0.2) is 4.98 Å². The van der Waals surface area contributed by atoms with Crippen LogP contribution in [0, 0.1) is 0 Å². The summed E-state index contributed by atoms with van der Waals surface area (Å²) >= 11 is 0. The molecule has 5 rings (SSSR count). The first-order valence-electron chi connectivity index (χ1n) is 10.4. The van der Waals surface area contributed by atoms with Gasteiger partial charge in [-0.2, -0.15) is 0 Å². The number of aromatic amines is 1. The topological polar surface area (TPSA) is 117 Å². The summed E-state index contributed by atoms with van der Waals surface area (Å²) in [5.74, 6) is 1.03. The monoisotopic (exact) mass is 417 g/mol. The number of rotatable bonds is 3. The third-order valence-corrected chi connectivity index (χ3v) is 6.32. The van der Waals surface area contributed by atoms with Crippen LogP contribution in [0.3, 0.4) is 0 Å². The molecule has 31 heavy (non-hydrogen) atoms. The fraction of sp³-hybridized carbons (Fsp3) is 0.364. The highest BCUT2D eigenvalue weighted by atomic mass is 16.1. The molecule has 4 heterocycles. The number of nitrogens with one attached hydrogen (secondary N) is 2. The van der Waals surface area contributed by atoms with Gasteiger partial charge < -0.3 is 15.2 Å². The zero-order valence-corrected chi connectivity index (χ0v) is 17.3. The maximum atomic E-state index is 12.8. The molecule has 0 aromatic carbocycles. The summed E-state index contributed by atoms with van der Waals surface area (Å²) in [6.45, 7) is 1.57. The first-order valence-corrected chi connectivity index (χ1v) is 10.4. The van der Waals surface area contributed by atoms with Crippen molar-refractivity contribution in [2.75, 3.05) is 25.0 Å². The number of H-pyrrole nitrogens is 1. The maximum Gasteiger partial charge on any atom is 0.271 e. The standard InChI is InChI=1S/C22H23N7O2/c1-23-21(31)16-5-6-17(28-27-16)29-11-3-8-22(13-29)9-7-15-18(22)25-19(26-20(15)30)14-4-2-10-24-12-14/h2,4-6,10,12H,3,7-9,11,13H2,1H3,(H,23,31)(H,25,26,30). The van der Waals surface area contributed by atoms with Crippen molar-refractivity contribution < 1.29 is 4.79 Å². The zero-order chi connectivity index (χ0) is 21.4. The average Bonchev–Trinajstić information content (AvgIpc) is 3.17. The molecule has 1 unspecified atom stereocenters. The normalized spacial score (nSPS) is 20.0. The molecule has 158 valence electrons. The highest BCUT2D eigenvalue weighted by molar-refractivity contribution is 5.91. The Morgan fingerprint density at radius 3 is 2.87 bits per heavy atom. The van der Waals surface area contributed by atoms with Crippen molar-refractivity contribution in [1.29, 1.82) is 0 Å². The molecule has 0 saturated carbocycles. The predicted molar refractivity (Wildman–Crippen MR) is 115 cm³/mol. The molecule has 1 amide bonds. The Kier molecular flexibility index (Phi) is 4.72. The third kappa shape index (κ3) is 3.35. The number of fused-ring (bicyclic) bond motifs is 2. The van der Waals surface area contributed by atoms with Gasteiger partial charge in [-0.1, -0.05) is 0 Å². The lowest BCUT2D eigenvalue weighted by atomic mass is 9.77. The Balaban J connectivity index is 1.48. The SMILES string of the molecule is CNC(=O)c1ccc(N2CCCC3(CCc4c3nc(-c3cccnc3)[nH]c4=O)C2)nn1. The van der Waals surface area contributed by atoms with Crippen LogP contribution >= 0.6 is 0 Å². The maximum absolute atomic E-state index is 12.8. The van der Waals surface area contributed by atoms with Crippen LogP contribution in [0.2, 0.25) is 0 Å². The van der Waals surface area contributed by atoms with Gasteiger partial charge in [0.2, 0.25) is 0 Å². The minimum Gasteiger partial charge on any atom is -0.354 e. The first-order chi connectivity index (χ1) is 15.1. The van der Waals surface area contributed by atoms with E-state index in [1.54, 1.807) is 25.5 Å². The highest BCUT2D eigenvalue weighted by Gasteiger charge is 2.45. The molecule has 2 N–H and O–H groups in total. The van der Waals surface area contributed by atoms with Crippen molar-refractivity contribution in [3.05, 3.63) is 64.0 Å². The van der Waals surface area contributed by atoms with Gasteiger partial charge in [-0.15, -0.1) is 10.2 Å².